The molecule has 2 heterocycles. The Hall–Kier alpha value is -3.22. The number of benzene rings is 2. The molecule has 1 amide bonds. The monoisotopic (exact) mass is 409 g/mol. The number of hydrogen-bond acceptors (Lipinski definition) is 4. The first kappa shape index (κ1) is 20.1. The molecular formula is C23H24FN3O3. The van der Waals surface area contributed by atoms with Gasteiger partial charge in [0, 0.05) is 6.54 Å². The molecule has 0 N–H and O–H groups in total. The van der Waals surface area contributed by atoms with Gasteiger partial charge in [-0.2, -0.15) is 0 Å². The number of nitrogens with zero attached hydrogens (tertiary/aromatic N) is 3. The highest BCUT2D eigenvalue weighted by atomic mass is 19.1. The van der Waals surface area contributed by atoms with Gasteiger partial charge in [-0.1, -0.05) is 37.6 Å². The summed E-state index contributed by atoms with van der Waals surface area (Å²) in [6.07, 6.45) is 1.66. The fourth-order valence-electron chi connectivity index (χ4n) is 4.07. The number of anilines is 1. The minimum Gasteiger partial charge on any atom is -0.465 e. The van der Waals surface area contributed by atoms with Crippen molar-refractivity contribution in [1.29, 1.82) is 0 Å². The van der Waals surface area contributed by atoms with Crippen molar-refractivity contribution >= 4 is 28.9 Å². The van der Waals surface area contributed by atoms with Crippen LogP contribution in [0.15, 0.2) is 48.5 Å². The number of rotatable bonds is 6. The first-order chi connectivity index (χ1) is 14.6. The van der Waals surface area contributed by atoms with Crippen LogP contribution < -0.4 is 4.90 Å². The van der Waals surface area contributed by atoms with Crippen molar-refractivity contribution in [2.45, 2.75) is 32.7 Å². The van der Waals surface area contributed by atoms with Crippen molar-refractivity contribution in [2.24, 2.45) is 5.92 Å². The predicted molar refractivity (Wildman–Crippen MR) is 112 cm³/mol. The van der Waals surface area contributed by atoms with Gasteiger partial charge in [-0.05, 0) is 43.2 Å². The zero-order chi connectivity index (χ0) is 21.3. The number of ether oxygens (including phenoxy) is 1. The molecule has 7 heteroatoms. The SMILES string of the molecule is CCCCN1C(=O)[C@@H](C(=O)OCC)[C@@H](c2cccc(F)c2)n2c1nc1ccccc12. The number of aromatic nitrogens is 2. The third kappa shape index (κ3) is 3.34. The molecule has 0 aliphatic carbocycles. The zero-order valence-electron chi connectivity index (χ0n) is 17.0. The van der Waals surface area contributed by atoms with Crippen molar-refractivity contribution in [3.63, 3.8) is 0 Å². The number of unbranched alkanes of at least 4 members (excludes halogenated alkanes) is 1. The second-order valence-electron chi connectivity index (χ2n) is 7.34. The van der Waals surface area contributed by atoms with E-state index >= 15 is 0 Å². The van der Waals surface area contributed by atoms with Crippen LogP contribution in [0.1, 0.15) is 38.3 Å². The summed E-state index contributed by atoms with van der Waals surface area (Å²) in [6, 6.07) is 12.8. The predicted octanol–water partition coefficient (Wildman–Crippen LogP) is 4.09. The van der Waals surface area contributed by atoms with Gasteiger partial charge in [-0.3, -0.25) is 14.5 Å². The summed E-state index contributed by atoms with van der Waals surface area (Å²) >= 11 is 0. The molecule has 0 unspecified atom stereocenters. The van der Waals surface area contributed by atoms with Crippen molar-refractivity contribution in [3.05, 3.63) is 59.9 Å². The van der Waals surface area contributed by atoms with Crippen LogP contribution in [-0.2, 0) is 14.3 Å². The molecule has 0 saturated heterocycles. The number of fused-ring (bicyclic) bond motifs is 3. The van der Waals surface area contributed by atoms with Crippen LogP contribution in [-0.4, -0.2) is 34.6 Å². The number of para-hydroxylation sites is 2. The van der Waals surface area contributed by atoms with Gasteiger partial charge in [-0.15, -0.1) is 0 Å². The highest BCUT2D eigenvalue weighted by Gasteiger charge is 2.47. The van der Waals surface area contributed by atoms with Crippen molar-refractivity contribution in [3.8, 4) is 0 Å². The molecule has 30 heavy (non-hydrogen) atoms. The Morgan fingerprint density at radius 2 is 1.97 bits per heavy atom. The fraction of sp³-hybridized carbons (Fsp3) is 0.348. The first-order valence-electron chi connectivity index (χ1n) is 10.3. The van der Waals surface area contributed by atoms with Crippen molar-refractivity contribution in [2.75, 3.05) is 18.1 Å². The van der Waals surface area contributed by atoms with Crippen LogP contribution in [0.3, 0.4) is 0 Å². The molecule has 0 spiro atoms. The van der Waals surface area contributed by atoms with Crippen LogP contribution in [0, 0.1) is 11.7 Å². The Balaban J connectivity index is 1.98. The molecule has 1 aromatic heterocycles. The second kappa shape index (κ2) is 8.26. The lowest BCUT2D eigenvalue weighted by atomic mass is 9.89. The average molecular weight is 409 g/mol. The summed E-state index contributed by atoms with van der Waals surface area (Å²) in [5.41, 5.74) is 2.03. The Bertz CT molecular complexity index is 1090. The number of imidazole rings is 1. The molecule has 1 aliphatic heterocycles. The van der Waals surface area contributed by atoms with E-state index in [1.165, 1.54) is 12.1 Å². The topological polar surface area (TPSA) is 64.4 Å². The van der Waals surface area contributed by atoms with Crippen LogP contribution in [0.4, 0.5) is 10.3 Å². The lowest BCUT2D eigenvalue weighted by molar-refractivity contribution is -0.153. The summed E-state index contributed by atoms with van der Waals surface area (Å²) in [5.74, 6) is -2.04. The summed E-state index contributed by atoms with van der Waals surface area (Å²) in [5, 5.41) is 0. The van der Waals surface area contributed by atoms with E-state index in [2.05, 4.69) is 0 Å². The molecule has 0 fully saturated rings. The maximum atomic E-state index is 14.1. The van der Waals surface area contributed by atoms with Gasteiger partial charge in [-0.25, -0.2) is 9.37 Å². The minimum absolute atomic E-state index is 0.158. The second-order valence-corrected chi connectivity index (χ2v) is 7.34. The van der Waals surface area contributed by atoms with Crippen molar-refractivity contribution in [1.82, 2.24) is 9.55 Å². The lowest BCUT2D eigenvalue weighted by Gasteiger charge is -2.38. The molecule has 2 atom stereocenters. The Morgan fingerprint density at radius 3 is 2.70 bits per heavy atom. The third-order valence-corrected chi connectivity index (χ3v) is 5.41. The molecule has 1 aliphatic rings. The summed E-state index contributed by atoms with van der Waals surface area (Å²) in [7, 11) is 0. The minimum atomic E-state index is -1.12. The lowest BCUT2D eigenvalue weighted by Crippen LogP contribution is -2.50. The zero-order valence-corrected chi connectivity index (χ0v) is 17.0. The smallest absolute Gasteiger partial charge is 0.321 e. The fourth-order valence-corrected chi connectivity index (χ4v) is 4.07. The molecule has 2 aromatic carbocycles. The molecular weight excluding hydrogens is 385 g/mol. The van der Waals surface area contributed by atoms with Gasteiger partial charge < -0.3 is 9.30 Å². The highest BCUT2D eigenvalue weighted by Crippen LogP contribution is 2.41. The number of hydrogen-bond donors (Lipinski definition) is 0. The van der Waals surface area contributed by atoms with E-state index in [1.54, 1.807) is 24.0 Å². The molecule has 3 aromatic rings. The van der Waals surface area contributed by atoms with Gasteiger partial charge in [0.05, 0.1) is 23.7 Å². The quantitative estimate of drug-likeness (QED) is 0.454. The number of esters is 1. The number of halogens is 1. The van der Waals surface area contributed by atoms with E-state index in [4.69, 9.17) is 9.72 Å². The molecule has 156 valence electrons. The Morgan fingerprint density at radius 1 is 1.17 bits per heavy atom. The standard InChI is InChI=1S/C23H24FN3O3/c1-3-5-13-26-21(28)19(22(29)30-4-2)20(15-9-8-10-16(24)14-15)27-18-12-7-6-11-17(18)25-23(26)27/h6-12,14,19-20H,3-5,13H2,1-2H3/t19-,20+/m0/s1. The number of carbonyl (C=O) groups is 2. The Labute approximate surface area is 174 Å². The van der Waals surface area contributed by atoms with Crippen LogP contribution >= 0.6 is 0 Å². The average Bonchev–Trinajstić information content (AvgIpc) is 3.11. The maximum absolute atomic E-state index is 14.1. The maximum Gasteiger partial charge on any atom is 0.321 e. The van der Waals surface area contributed by atoms with Gasteiger partial charge in [0.25, 0.3) is 0 Å². The van der Waals surface area contributed by atoms with Crippen LogP contribution in [0.5, 0.6) is 0 Å². The molecule has 6 nitrogen and oxygen atoms in total. The van der Waals surface area contributed by atoms with Gasteiger partial charge in [0.1, 0.15) is 5.82 Å². The summed E-state index contributed by atoms with van der Waals surface area (Å²) < 4.78 is 21.3. The molecule has 0 saturated carbocycles. The normalized spacial score (nSPS) is 18.5. The molecule has 0 radical (unpaired) electrons. The van der Waals surface area contributed by atoms with E-state index < -0.39 is 23.7 Å². The van der Waals surface area contributed by atoms with Gasteiger partial charge in [0.2, 0.25) is 11.9 Å². The van der Waals surface area contributed by atoms with Crippen LogP contribution in [0.2, 0.25) is 0 Å². The van der Waals surface area contributed by atoms with E-state index in [1.807, 2.05) is 35.8 Å². The molecule has 4 rings (SSSR count). The van der Waals surface area contributed by atoms with Crippen molar-refractivity contribution < 1.29 is 18.7 Å². The van der Waals surface area contributed by atoms with E-state index in [-0.39, 0.29) is 12.5 Å². The summed E-state index contributed by atoms with van der Waals surface area (Å²) in [6.45, 7) is 4.35. The van der Waals surface area contributed by atoms with Gasteiger partial charge >= 0.3 is 5.97 Å². The van der Waals surface area contributed by atoms with Gasteiger partial charge in [0.15, 0.2) is 5.92 Å². The van der Waals surface area contributed by atoms with Crippen LogP contribution in [0.25, 0.3) is 11.0 Å². The number of carbonyl (C=O) groups excluding carboxylic acids is 2. The third-order valence-electron chi connectivity index (χ3n) is 5.41. The number of amides is 1. The van der Waals surface area contributed by atoms with E-state index in [0.717, 1.165) is 18.4 Å². The summed E-state index contributed by atoms with van der Waals surface area (Å²) in [4.78, 5) is 32.8. The first-order valence-corrected chi connectivity index (χ1v) is 10.3. The highest BCUT2D eigenvalue weighted by molar-refractivity contribution is 6.08. The largest absolute Gasteiger partial charge is 0.465 e. The Kier molecular flexibility index (Phi) is 5.53. The van der Waals surface area contributed by atoms with E-state index in [9.17, 15) is 14.0 Å². The van der Waals surface area contributed by atoms with E-state index in [0.29, 0.717) is 23.6 Å². The molecule has 0 bridgehead atoms.